The molecule has 25 heavy (non-hydrogen) atoms. The van der Waals surface area contributed by atoms with Gasteiger partial charge in [-0.1, -0.05) is 6.07 Å². The smallest absolute Gasteiger partial charge is 0.161 e. The standard InChI is InChI=1S/C19H16N2O3S/c1-3-23-18-10-13(6-7-17(18)22-2)9-14(11-20)19-21-15(12-25-19)16-5-4-8-24-16/h4-10,12H,3H2,1-2H3/b14-9+. The van der Waals surface area contributed by atoms with Crippen molar-refractivity contribution in [2.24, 2.45) is 0 Å². The summed E-state index contributed by atoms with van der Waals surface area (Å²) in [5, 5.41) is 12.0. The van der Waals surface area contributed by atoms with Gasteiger partial charge in [0.2, 0.25) is 0 Å². The van der Waals surface area contributed by atoms with Gasteiger partial charge in [-0.05, 0) is 42.8 Å². The van der Waals surface area contributed by atoms with Crippen LogP contribution < -0.4 is 9.47 Å². The number of hydrogen-bond donors (Lipinski definition) is 0. The van der Waals surface area contributed by atoms with Crippen molar-refractivity contribution in [2.75, 3.05) is 13.7 Å². The van der Waals surface area contributed by atoms with Gasteiger partial charge in [0.1, 0.15) is 16.8 Å². The second-order valence-corrected chi connectivity index (χ2v) is 5.89. The summed E-state index contributed by atoms with van der Waals surface area (Å²) in [7, 11) is 1.60. The van der Waals surface area contributed by atoms with Gasteiger partial charge in [0.25, 0.3) is 0 Å². The predicted molar refractivity (Wildman–Crippen MR) is 97.5 cm³/mol. The van der Waals surface area contributed by atoms with Crippen molar-refractivity contribution >= 4 is 23.0 Å². The Bertz CT molecular complexity index is 921. The summed E-state index contributed by atoms with van der Waals surface area (Å²) >= 11 is 1.40. The van der Waals surface area contributed by atoms with Gasteiger partial charge in [0.05, 0.1) is 25.6 Å². The van der Waals surface area contributed by atoms with E-state index in [2.05, 4.69) is 11.1 Å². The molecule has 0 radical (unpaired) electrons. The van der Waals surface area contributed by atoms with Gasteiger partial charge in [-0.2, -0.15) is 5.26 Å². The summed E-state index contributed by atoms with van der Waals surface area (Å²) in [6.45, 7) is 2.45. The molecule has 0 amide bonds. The van der Waals surface area contributed by atoms with Crippen LogP contribution in [0.2, 0.25) is 0 Å². The fraction of sp³-hybridized carbons (Fsp3) is 0.158. The SMILES string of the molecule is CCOc1cc(/C=C(\C#N)c2nc(-c3ccco3)cs2)ccc1OC. The van der Waals surface area contributed by atoms with Crippen molar-refractivity contribution in [3.05, 3.63) is 52.5 Å². The zero-order valence-electron chi connectivity index (χ0n) is 13.9. The summed E-state index contributed by atoms with van der Waals surface area (Å²) in [5.41, 5.74) is 2.04. The molecule has 6 heteroatoms. The molecule has 0 unspecified atom stereocenters. The predicted octanol–water partition coefficient (Wildman–Crippen LogP) is 4.87. The minimum atomic E-state index is 0.482. The van der Waals surface area contributed by atoms with Crippen molar-refractivity contribution < 1.29 is 13.9 Å². The van der Waals surface area contributed by atoms with Gasteiger partial charge < -0.3 is 13.9 Å². The molecule has 5 nitrogen and oxygen atoms in total. The van der Waals surface area contributed by atoms with Crippen LogP contribution >= 0.6 is 11.3 Å². The Balaban J connectivity index is 1.93. The second-order valence-electron chi connectivity index (χ2n) is 5.03. The molecular weight excluding hydrogens is 336 g/mol. The van der Waals surface area contributed by atoms with Crippen LogP contribution in [0.15, 0.2) is 46.4 Å². The molecule has 0 bridgehead atoms. The first-order chi connectivity index (χ1) is 12.2. The third-order valence-electron chi connectivity index (χ3n) is 3.43. The van der Waals surface area contributed by atoms with E-state index in [1.807, 2.05) is 42.6 Å². The van der Waals surface area contributed by atoms with Crippen molar-refractivity contribution in [1.29, 1.82) is 5.26 Å². The first kappa shape index (κ1) is 16.8. The number of ether oxygens (including phenoxy) is 2. The van der Waals surface area contributed by atoms with Crippen molar-refractivity contribution in [2.45, 2.75) is 6.92 Å². The number of nitrogens with zero attached hydrogens (tertiary/aromatic N) is 2. The van der Waals surface area contributed by atoms with E-state index >= 15 is 0 Å². The Kier molecular flexibility index (Phi) is 5.17. The maximum absolute atomic E-state index is 9.52. The molecule has 0 aliphatic rings. The van der Waals surface area contributed by atoms with Crippen LogP contribution in [0.25, 0.3) is 23.1 Å². The van der Waals surface area contributed by atoms with E-state index < -0.39 is 0 Å². The third kappa shape index (κ3) is 3.73. The van der Waals surface area contributed by atoms with Crippen LogP contribution in [0.1, 0.15) is 17.5 Å². The number of nitriles is 1. The highest BCUT2D eigenvalue weighted by molar-refractivity contribution is 7.11. The zero-order chi connectivity index (χ0) is 17.6. The van der Waals surface area contributed by atoms with E-state index in [0.29, 0.717) is 34.4 Å². The normalized spacial score (nSPS) is 11.2. The van der Waals surface area contributed by atoms with E-state index in [0.717, 1.165) is 11.3 Å². The Morgan fingerprint density at radius 3 is 2.92 bits per heavy atom. The van der Waals surface area contributed by atoms with Gasteiger partial charge in [-0.25, -0.2) is 4.98 Å². The molecule has 0 saturated heterocycles. The summed E-state index contributed by atoms with van der Waals surface area (Å²) < 4.78 is 16.2. The van der Waals surface area contributed by atoms with Crippen molar-refractivity contribution in [3.8, 4) is 29.0 Å². The van der Waals surface area contributed by atoms with Gasteiger partial charge in [-0.15, -0.1) is 11.3 Å². The average molecular weight is 352 g/mol. The van der Waals surface area contributed by atoms with E-state index in [-0.39, 0.29) is 0 Å². The maximum atomic E-state index is 9.52. The van der Waals surface area contributed by atoms with Gasteiger partial charge in [0.15, 0.2) is 17.3 Å². The number of furan rings is 1. The molecular formula is C19H16N2O3S. The van der Waals surface area contributed by atoms with Crippen molar-refractivity contribution in [3.63, 3.8) is 0 Å². The van der Waals surface area contributed by atoms with Gasteiger partial charge >= 0.3 is 0 Å². The molecule has 0 spiro atoms. The largest absolute Gasteiger partial charge is 0.493 e. The highest BCUT2D eigenvalue weighted by atomic mass is 32.1. The van der Waals surface area contributed by atoms with Crippen LogP contribution in [-0.4, -0.2) is 18.7 Å². The molecule has 3 rings (SSSR count). The number of methoxy groups -OCH3 is 1. The van der Waals surface area contributed by atoms with Gasteiger partial charge in [-0.3, -0.25) is 0 Å². The topological polar surface area (TPSA) is 68.3 Å². The van der Waals surface area contributed by atoms with Crippen LogP contribution in [-0.2, 0) is 0 Å². The summed E-state index contributed by atoms with van der Waals surface area (Å²) in [6.07, 6.45) is 3.38. The summed E-state index contributed by atoms with van der Waals surface area (Å²) in [4.78, 5) is 4.49. The lowest BCUT2D eigenvalue weighted by molar-refractivity contribution is 0.311. The lowest BCUT2D eigenvalue weighted by Crippen LogP contribution is -1.95. The zero-order valence-corrected chi connectivity index (χ0v) is 14.7. The Morgan fingerprint density at radius 2 is 2.24 bits per heavy atom. The van der Waals surface area contributed by atoms with Crippen molar-refractivity contribution in [1.82, 2.24) is 4.98 Å². The minimum Gasteiger partial charge on any atom is -0.493 e. The number of aromatic nitrogens is 1. The average Bonchev–Trinajstić information content (AvgIpc) is 3.31. The number of benzene rings is 1. The molecule has 2 heterocycles. The van der Waals surface area contributed by atoms with E-state index in [1.54, 1.807) is 19.4 Å². The van der Waals surface area contributed by atoms with E-state index in [4.69, 9.17) is 13.9 Å². The van der Waals surface area contributed by atoms with Gasteiger partial charge in [0, 0.05) is 5.38 Å². The molecule has 0 aliphatic carbocycles. The molecule has 126 valence electrons. The molecule has 3 aromatic rings. The fourth-order valence-electron chi connectivity index (χ4n) is 2.29. The minimum absolute atomic E-state index is 0.482. The molecule has 1 aromatic carbocycles. The van der Waals surface area contributed by atoms with E-state index in [1.165, 1.54) is 11.3 Å². The number of hydrogen-bond acceptors (Lipinski definition) is 6. The molecule has 0 N–H and O–H groups in total. The van der Waals surface area contributed by atoms with E-state index in [9.17, 15) is 5.26 Å². The first-order valence-electron chi connectivity index (χ1n) is 7.67. The highest BCUT2D eigenvalue weighted by Crippen LogP contribution is 2.31. The fourth-order valence-corrected chi connectivity index (χ4v) is 3.07. The number of allylic oxidation sites excluding steroid dienone is 1. The van der Waals surface area contributed by atoms with Crippen LogP contribution in [0.5, 0.6) is 11.5 Å². The molecule has 0 fully saturated rings. The van der Waals surface area contributed by atoms with Crippen LogP contribution in [0.3, 0.4) is 0 Å². The Labute approximate surface area is 149 Å². The number of thiazole rings is 1. The third-order valence-corrected chi connectivity index (χ3v) is 4.30. The lowest BCUT2D eigenvalue weighted by atomic mass is 10.1. The highest BCUT2D eigenvalue weighted by Gasteiger charge is 2.11. The summed E-state index contributed by atoms with van der Waals surface area (Å²) in [5.74, 6) is 1.99. The molecule has 0 atom stereocenters. The van der Waals surface area contributed by atoms with Crippen LogP contribution in [0, 0.1) is 11.3 Å². The maximum Gasteiger partial charge on any atom is 0.161 e. The molecule has 2 aromatic heterocycles. The Morgan fingerprint density at radius 1 is 1.36 bits per heavy atom. The lowest BCUT2D eigenvalue weighted by Gasteiger charge is -2.09. The monoisotopic (exact) mass is 352 g/mol. The number of rotatable bonds is 6. The van der Waals surface area contributed by atoms with Crippen LogP contribution in [0.4, 0.5) is 0 Å². The first-order valence-corrected chi connectivity index (χ1v) is 8.55. The quantitative estimate of drug-likeness (QED) is 0.592. The molecule has 0 aliphatic heterocycles. The second kappa shape index (κ2) is 7.69. The summed E-state index contributed by atoms with van der Waals surface area (Å²) in [6, 6.07) is 11.4. The molecule has 0 saturated carbocycles. The Hall–Kier alpha value is -3.04.